The first-order valence-electron chi connectivity index (χ1n) is 8.97. The molecule has 1 aromatic heterocycles. The molecule has 0 radical (unpaired) electrons. The third kappa shape index (κ3) is 4.67. The van der Waals surface area contributed by atoms with E-state index in [-0.39, 0.29) is 0 Å². The summed E-state index contributed by atoms with van der Waals surface area (Å²) in [7, 11) is 4.23. The molecule has 0 aliphatic rings. The maximum absolute atomic E-state index is 5.61. The van der Waals surface area contributed by atoms with Crippen LogP contribution in [0.25, 0.3) is 17.5 Å². The van der Waals surface area contributed by atoms with Crippen molar-refractivity contribution in [3.63, 3.8) is 0 Å². The van der Waals surface area contributed by atoms with Gasteiger partial charge in [-0.3, -0.25) is 0 Å². The van der Waals surface area contributed by atoms with Gasteiger partial charge in [0.05, 0.1) is 0 Å². The van der Waals surface area contributed by atoms with Crippen LogP contribution >= 0.6 is 0 Å². The van der Waals surface area contributed by atoms with Crippen molar-refractivity contribution >= 4 is 6.08 Å². The summed E-state index contributed by atoms with van der Waals surface area (Å²) < 4.78 is 5.61. The van der Waals surface area contributed by atoms with E-state index in [9.17, 15) is 0 Å². The van der Waals surface area contributed by atoms with E-state index < -0.39 is 0 Å². The van der Waals surface area contributed by atoms with Gasteiger partial charge in [-0.2, -0.15) is 0 Å². The summed E-state index contributed by atoms with van der Waals surface area (Å²) >= 11 is 0. The fraction of sp³-hybridized carbons (Fsp3) is 0.273. The zero-order valence-electron chi connectivity index (χ0n) is 15.6. The Kier molecular flexibility index (Phi) is 5.97. The van der Waals surface area contributed by atoms with Gasteiger partial charge in [0.2, 0.25) is 11.8 Å². The molecule has 0 unspecified atom stereocenters. The first-order valence-corrected chi connectivity index (χ1v) is 8.97. The molecular weight excluding hydrogens is 322 g/mol. The third-order valence-electron chi connectivity index (χ3n) is 4.39. The monoisotopic (exact) mass is 347 g/mol. The summed E-state index contributed by atoms with van der Waals surface area (Å²) in [5, 5.41) is 8.11. The molecule has 2 aromatic carbocycles. The molecule has 1 heterocycles. The first-order chi connectivity index (χ1) is 12.7. The van der Waals surface area contributed by atoms with Crippen LogP contribution in [-0.2, 0) is 12.8 Å². The first kappa shape index (κ1) is 18.1. The maximum Gasteiger partial charge on any atom is 0.247 e. The summed E-state index contributed by atoms with van der Waals surface area (Å²) in [6, 6.07) is 19.1. The van der Waals surface area contributed by atoms with Crippen molar-refractivity contribution in [2.24, 2.45) is 0 Å². The van der Waals surface area contributed by atoms with E-state index in [1.54, 1.807) is 0 Å². The topological polar surface area (TPSA) is 42.2 Å². The van der Waals surface area contributed by atoms with Gasteiger partial charge in [0, 0.05) is 18.0 Å². The highest BCUT2D eigenvalue weighted by molar-refractivity contribution is 5.58. The van der Waals surface area contributed by atoms with E-state index in [0.29, 0.717) is 17.8 Å². The number of hydrogen-bond donors (Lipinski definition) is 0. The molecule has 0 fully saturated rings. The second-order valence-electron chi connectivity index (χ2n) is 6.56. The highest BCUT2D eigenvalue weighted by Gasteiger charge is 2.09. The minimum atomic E-state index is 0.347. The molecule has 134 valence electrons. The summed E-state index contributed by atoms with van der Waals surface area (Å²) in [4.78, 5) is 2.24. The molecule has 0 aliphatic heterocycles. The Morgan fingerprint density at radius 3 is 2.35 bits per heavy atom. The van der Waals surface area contributed by atoms with Crippen LogP contribution in [-0.4, -0.2) is 35.2 Å². The Morgan fingerprint density at radius 1 is 1.00 bits per heavy atom. The summed E-state index contributed by atoms with van der Waals surface area (Å²) in [5.41, 5.74) is 3.45. The Labute approximate surface area is 155 Å². The average molecular weight is 347 g/mol. The molecule has 0 aliphatic carbocycles. The van der Waals surface area contributed by atoms with Crippen LogP contribution in [0.15, 0.2) is 65.1 Å². The summed E-state index contributed by atoms with van der Waals surface area (Å²) in [6.07, 6.45) is 6.16. The SMILES string of the molecule is CCc1nnc(-c2ccc(/C=C/[C@@H](Cc3ccccc3)N(C)C)cc2)o1. The van der Waals surface area contributed by atoms with Gasteiger partial charge in [-0.15, -0.1) is 10.2 Å². The van der Waals surface area contributed by atoms with Crippen molar-refractivity contribution in [3.8, 4) is 11.5 Å². The van der Waals surface area contributed by atoms with E-state index in [1.165, 1.54) is 5.56 Å². The number of aromatic nitrogens is 2. The van der Waals surface area contributed by atoms with Crippen molar-refractivity contribution in [1.29, 1.82) is 0 Å². The largest absolute Gasteiger partial charge is 0.421 e. The van der Waals surface area contributed by atoms with E-state index in [4.69, 9.17) is 4.42 Å². The van der Waals surface area contributed by atoms with Gasteiger partial charge in [-0.1, -0.05) is 61.5 Å². The van der Waals surface area contributed by atoms with Gasteiger partial charge in [-0.25, -0.2) is 0 Å². The molecule has 0 saturated heterocycles. The molecule has 26 heavy (non-hydrogen) atoms. The molecule has 3 aromatic rings. The highest BCUT2D eigenvalue weighted by Crippen LogP contribution is 2.19. The number of nitrogens with zero attached hydrogens (tertiary/aromatic N) is 3. The molecule has 0 N–H and O–H groups in total. The molecular formula is C22H25N3O. The lowest BCUT2D eigenvalue weighted by Gasteiger charge is -2.21. The fourth-order valence-corrected chi connectivity index (χ4v) is 2.75. The van der Waals surface area contributed by atoms with Crippen LogP contribution in [0.4, 0.5) is 0 Å². The van der Waals surface area contributed by atoms with E-state index in [1.807, 2.05) is 19.1 Å². The van der Waals surface area contributed by atoms with Crippen LogP contribution in [0, 0.1) is 0 Å². The number of hydrogen-bond acceptors (Lipinski definition) is 4. The van der Waals surface area contributed by atoms with Gasteiger partial charge in [0.15, 0.2) is 0 Å². The van der Waals surface area contributed by atoms with Gasteiger partial charge >= 0.3 is 0 Å². The summed E-state index contributed by atoms with van der Waals surface area (Å²) in [6.45, 7) is 2.00. The second-order valence-corrected chi connectivity index (χ2v) is 6.56. The molecule has 0 spiro atoms. The normalized spacial score (nSPS) is 12.8. The van der Waals surface area contributed by atoms with Crippen LogP contribution in [0.3, 0.4) is 0 Å². The average Bonchev–Trinajstić information content (AvgIpc) is 3.15. The van der Waals surface area contributed by atoms with Gasteiger partial charge < -0.3 is 9.32 Å². The van der Waals surface area contributed by atoms with Crippen molar-refractivity contribution in [3.05, 3.63) is 77.7 Å². The lowest BCUT2D eigenvalue weighted by molar-refractivity contribution is 0.342. The minimum Gasteiger partial charge on any atom is -0.421 e. The maximum atomic E-state index is 5.61. The van der Waals surface area contributed by atoms with E-state index >= 15 is 0 Å². The van der Waals surface area contributed by atoms with E-state index in [2.05, 4.69) is 83.8 Å². The van der Waals surface area contributed by atoms with Crippen molar-refractivity contribution in [2.45, 2.75) is 25.8 Å². The zero-order valence-corrected chi connectivity index (χ0v) is 15.6. The third-order valence-corrected chi connectivity index (χ3v) is 4.39. The van der Waals surface area contributed by atoms with Crippen LogP contribution in [0.1, 0.15) is 23.9 Å². The Bertz CT molecular complexity index is 835. The smallest absolute Gasteiger partial charge is 0.247 e. The predicted molar refractivity (Wildman–Crippen MR) is 106 cm³/mol. The van der Waals surface area contributed by atoms with Gasteiger partial charge in [0.1, 0.15) is 0 Å². The Balaban J connectivity index is 1.69. The number of benzene rings is 2. The van der Waals surface area contributed by atoms with Crippen LogP contribution < -0.4 is 0 Å². The minimum absolute atomic E-state index is 0.347. The van der Waals surface area contributed by atoms with Crippen molar-refractivity contribution in [2.75, 3.05) is 14.1 Å². The second kappa shape index (κ2) is 8.59. The van der Waals surface area contributed by atoms with Crippen LogP contribution in [0.5, 0.6) is 0 Å². The molecule has 4 heteroatoms. The highest BCUT2D eigenvalue weighted by atomic mass is 16.4. The quantitative estimate of drug-likeness (QED) is 0.632. The number of aryl methyl sites for hydroxylation is 1. The molecule has 0 amide bonds. The molecule has 0 saturated carbocycles. The Hall–Kier alpha value is -2.72. The van der Waals surface area contributed by atoms with Crippen molar-refractivity contribution in [1.82, 2.24) is 15.1 Å². The summed E-state index contributed by atoms with van der Waals surface area (Å²) in [5.74, 6) is 1.24. The zero-order chi connectivity index (χ0) is 18.4. The van der Waals surface area contributed by atoms with Gasteiger partial charge in [-0.05, 0) is 43.8 Å². The molecule has 0 bridgehead atoms. The predicted octanol–water partition coefficient (Wildman–Crippen LogP) is 4.49. The lowest BCUT2D eigenvalue weighted by atomic mass is 10.0. The standard InChI is InChI=1S/C22H25N3O/c1-4-21-23-24-22(26-21)19-13-10-17(11-14-19)12-15-20(25(2)3)16-18-8-6-5-7-9-18/h5-15,20H,4,16H2,1-3H3/b15-12+/t20-/m0/s1. The van der Waals surface area contributed by atoms with Crippen LogP contribution in [0.2, 0.25) is 0 Å². The number of likely N-dealkylation sites (N-methyl/N-ethyl adjacent to an activating group) is 1. The number of rotatable bonds is 7. The van der Waals surface area contributed by atoms with Gasteiger partial charge in [0.25, 0.3) is 0 Å². The molecule has 1 atom stereocenters. The molecule has 3 rings (SSSR count). The fourth-order valence-electron chi connectivity index (χ4n) is 2.75. The lowest BCUT2D eigenvalue weighted by Crippen LogP contribution is -2.27. The van der Waals surface area contributed by atoms with E-state index in [0.717, 1.165) is 24.0 Å². The van der Waals surface area contributed by atoms with Crippen molar-refractivity contribution < 1.29 is 4.42 Å². The Morgan fingerprint density at radius 2 is 1.73 bits per heavy atom. The molecule has 4 nitrogen and oxygen atoms in total.